The van der Waals surface area contributed by atoms with E-state index >= 15 is 0 Å². The molecule has 61 heavy (non-hydrogen) atoms. The number of nitrogens with zero attached hydrogens (tertiary/aromatic N) is 6. The fraction of sp³-hybridized carbons (Fsp3) is 0.488. The standard InChI is InChI=1S/C41H50N10O9S/c1-61(58,59)29-7-4-25(5-8-29)44-37-35(36(42)53)43-20-33(46-37)50-15-2-3-26(22-50)45-41(57)60-23-24-12-16-49(21-24)27-13-17-48(18-14-27)28-6-9-30-31(19-28)40(56)51(39(30)55)32-10-11-34(52)47-38(32)54/h4-9,19-20,24,26-27,32,36,53H,2-3,10-18,21-23,42H2,1H3,(H,44,46)(H,45,57)(H,47,52,54)/t24-,26-,32?,36?/m1/s1. The lowest BCUT2D eigenvalue weighted by molar-refractivity contribution is -0.136. The van der Waals surface area contributed by atoms with Gasteiger partial charge in [-0.2, -0.15) is 0 Å². The van der Waals surface area contributed by atoms with Gasteiger partial charge < -0.3 is 36.0 Å². The molecule has 0 bridgehead atoms. The molecule has 4 saturated heterocycles. The minimum Gasteiger partial charge on any atom is -0.449 e. The lowest BCUT2D eigenvalue weighted by Gasteiger charge is -2.38. The molecule has 5 aliphatic rings. The van der Waals surface area contributed by atoms with Crippen LogP contribution < -0.4 is 31.5 Å². The van der Waals surface area contributed by atoms with Crippen molar-refractivity contribution in [2.24, 2.45) is 11.7 Å². The van der Waals surface area contributed by atoms with E-state index in [0.29, 0.717) is 37.2 Å². The molecule has 19 nitrogen and oxygen atoms in total. The number of amides is 5. The lowest BCUT2D eigenvalue weighted by Crippen LogP contribution is -2.54. The van der Waals surface area contributed by atoms with Crippen LogP contribution in [0.15, 0.2) is 53.6 Å². The molecule has 324 valence electrons. The highest BCUT2D eigenvalue weighted by molar-refractivity contribution is 7.90. The van der Waals surface area contributed by atoms with E-state index in [1.807, 2.05) is 11.0 Å². The third kappa shape index (κ3) is 9.17. The first kappa shape index (κ1) is 42.0. The zero-order chi connectivity index (χ0) is 43.0. The maximum absolute atomic E-state index is 13.3. The number of aliphatic hydroxyl groups excluding tert-OH is 1. The van der Waals surface area contributed by atoms with Crippen LogP contribution in [-0.2, 0) is 24.2 Å². The van der Waals surface area contributed by atoms with Crippen molar-refractivity contribution >= 4 is 62.6 Å². The summed E-state index contributed by atoms with van der Waals surface area (Å²) in [6.45, 7) is 4.72. The van der Waals surface area contributed by atoms with Crippen molar-refractivity contribution in [3.05, 3.63) is 65.5 Å². The molecular weight excluding hydrogens is 809 g/mol. The normalized spacial score (nSPS) is 23.2. The third-order valence-corrected chi connectivity index (χ3v) is 13.3. The number of likely N-dealkylation sites (tertiary alicyclic amines) is 1. The second-order valence-electron chi connectivity index (χ2n) is 16.4. The van der Waals surface area contributed by atoms with Crippen LogP contribution in [0, 0.1) is 5.92 Å². The molecule has 8 rings (SSSR count). The van der Waals surface area contributed by atoms with Gasteiger partial charge in [-0.05, 0) is 87.5 Å². The fourth-order valence-corrected chi connectivity index (χ4v) is 9.58. The maximum atomic E-state index is 13.3. The Morgan fingerprint density at radius 2 is 1.70 bits per heavy atom. The first-order valence-electron chi connectivity index (χ1n) is 20.6. The largest absolute Gasteiger partial charge is 0.449 e. The SMILES string of the molecule is CS(=O)(=O)c1ccc(Nc2nc(N3CCC[C@@H](NC(=O)OC[C@@H]4CCN(C5CCN(c6ccc7c(c6)C(=O)N(C6CCC(=O)NC6=O)C7=O)CC5)C4)C3)cnc2C(N)O)cc1. The molecule has 3 aromatic rings. The second-order valence-corrected chi connectivity index (χ2v) is 18.4. The number of nitrogens with one attached hydrogen (secondary N) is 3. The molecule has 4 atom stereocenters. The maximum Gasteiger partial charge on any atom is 0.407 e. The monoisotopic (exact) mass is 858 g/mol. The van der Waals surface area contributed by atoms with Crippen LogP contribution >= 0.6 is 0 Å². The summed E-state index contributed by atoms with van der Waals surface area (Å²) in [6.07, 6.45) is 5.24. The summed E-state index contributed by atoms with van der Waals surface area (Å²) in [5.74, 6) is -1.12. The molecule has 2 unspecified atom stereocenters. The van der Waals surface area contributed by atoms with E-state index < -0.39 is 51.8 Å². The lowest BCUT2D eigenvalue weighted by atomic mass is 10.0. The van der Waals surface area contributed by atoms with Crippen LogP contribution in [0.4, 0.5) is 27.8 Å². The zero-order valence-electron chi connectivity index (χ0n) is 33.8. The average Bonchev–Trinajstić information content (AvgIpc) is 3.81. The number of fused-ring (bicyclic) bond motifs is 1. The fourth-order valence-electron chi connectivity index (χ4n) is 8.95. The van der Waals surface area contributed by atoms with Crippen molar-refractivity contribution in [2.45, 2.75) is 74.2 Å². The molecule has 5 aliphatic heterocycles. The van der Waals surface area contributed by atoms with E-state index in [4.69, 9.17) is 10.5 Å². The second kappa shape index (κ2) is 17.3. The van der Waals surface area contributed by atoms with Gasteiger partial charge in [-0.3, -0.25) is 34.3 Å². The number of ether oxygens (including phenoxy) is 1. The molecule has 6 heterocycles. The van der Waals surface area contributed by atoms with Crippen molar-refractivity contribution in [1.82, 2.24) is 30.4 Å². The number of hydrogen-bond donors (Lipinski definition) is 5. The first-order chi connectivity index (χ1) is 29.2. The summed E-state index contributed by atoms with van der Waals surface area (Å²) in [4.78, 5) is 80.4. The molecule has 4 fully saturated rings. The molecule has 2 aromatic carbocycles. The molecule has 0 spiro atoms. The van der Waals surface area contributed by atoms with E-state index in [9.17, 15) is 37.5 Å². The number of aliphatic hydroxyl groups is 1. The highest BCUT2D eigenvalue weighted by Crippen LogP contribution is 2.33. The van der Waals surface area contributed by atoms with E-state index in [-0.39, 0.29) is 52.3 Å². The van der Waals surface area contributed by atoms with Crippen molar-refractivity contribution in [2.75, 3.05) is 67.2 Å². The average molecular weight is 859 g/mol. The smallest absolute Gasteiger partial charge is 0.407 e. The van der Waals surface area contributed by atoms with E-state index in [1.165, 1.54) is 18.3 Å². The Balaban J connectivity index is 0.789. The Bertz CT molecular complexity index is 2320. The van der Waals surface area contributed by atoms with Crippen molar-refractivity contribution < 1.29 is 42.2 Å². The van der Waals surface area contributed by atoms with Crippen LogP contribution in [-0.4, -0.2) is 133 Å². The number of anilines is 4. The Morgan fingerprint density at radius 3 is 2.43 bits per heavy atom. The number of aromatic nitrogens is 2. The summed E-state index contributed by atoms with van der Waals surface area (Å²) in [7, 11) is -3.37. The van der Waals surface area contributed by atoms with Crippen LogP contribution in [0.2, 0.25) is 0 Å². The van der Waals surface area contributed by atoms with Gasteiger partial charge in [-0.15, -0.1) is 0 Å². The van der Waals surface area contributed by atoms with Crippen molar-refractivity contribution in [1.29, 1.82) is 0 Å². The molecular formula is C41H50N10O9S. The number of rotatable bonds is 11. The quantitative estimate of drug-likeness (QED) is 0.136. The van der Waals surface area contributed by atoms with Gasteiger partial charge in [0, 0.05) is 74.8 Å². The van der Waals surface area contributed by atoms with E-state index in [1.54, 1.807) is 24.3 Å². The Morgan fingerprint density at radius 1 is 0.951 bits per heavy atom. The summed E-state index contributed by atoms with van der Waals surface area (Å²) >= 11 is 0. The Kier molecular flexibility index (Phi) is 11.9. The van der Waals surface area contributed by atoms with Gasteiger partial charge in [0.1, 0.15) is 23.8 Å². The van der Waals surface area contributed by atoms with Crippen LogP contribution in [0.3, 0.4) is 0 Å². The summed E-state index contributed by atoms with van der Waals surface area (Å²) in [5.41, 5.74) is 7.81. The predicted molar refractivity (Wildman–Crippen MR) is 222 cm³/mol. The first-order valence-corrected chi connectivity index (χ1v) is 22.5. The Labute approximate surface area is 352 Å². The molecule has 1 aromatic heterocycles. The summed E-state index contributed by atoms with van der Waals surface area (Å²) in [6, 6.07) is 10.5. The number of imide groups is 2. The van der Waals surface area contributed by atoms with Gasteiger partial charge in [-0.25, -0.2) is 23.2 Å². The molecule has 0 saturated carbocycles. The summed E-state index contributed by atoms with van der Waals surface area (Å²) < 4.78 is 29.5. The molecule has 5 amide bonds. The van der Waals surface area contributed by atoms with E-state index in [0.717, 1.165) is 75.1 Å². The van der Waals surface area contributed by atoms with Crippen molar-refractivity contribution in [3.8, 4) is 0 Å². The number of nitrogens with two attached hydrogens (primary N) is 1. The molecule has 0 aliphatic carbocycles. The van der Waals surface area contributed by atoms with Gasteiger partial charge in [0.15, 0.2) is 15.7 Å². The predicted octanol–water partition coefficient (Wildman–Crippen LogP) is 1.66. The molecule has 20 heteroatoms. The number of benzene rings is 2. The van der Waals surface area contributed by atoms with Crippen LogP contribution in [0.25, 0.3) is 0 Å². The van der Waals surface area contributed by atoms with Gasteiger partial charge in [-0.1, -0.05) is 0 Å². The number of carbonyl (C=O) groups is 5. The number of alkyl carbamates (subject to hydrolysis) is 1. The minimum absolute atomic E-state index is 0.0703. The van der Waals surface area contributed by atoms with Gasteiger partial charge >= 0.3 is 6.09 Å². The van der Waals surface area contributed by atoms with Gasteiger partial charge in [0.2, 0.25) is 11.8 Å². The number of carbonyl (C=O) groups excluding carboxylic acids is 5. The third-order valence-electron chi connectivity index (χ3n) is 12.2. The van der Waals surface area contributed by atoms with Crippen molar-refractivity contribution in [3.63, 3.8) is 0 Å². The highest BCUT2D eigenvalue weighted by Gasteiger charge is 2.45. The number of hydrogen-bond acceptors (Lipinski definition) is 16. The van der Waals surface area contributed by atoms with Crippen LogP contribution in [0.5, 0.6) is 0 Å². The Hall–Kier alpha value is -5.70. The van der Waals surface area contributed by atoms with Gasteiger partial charge in [0.25, 0.3) is 11.8 Å². The van der Waals surface area contributed by atoms with E-state index in [2.05, 4.69) is 35.7 Å². The topological polar surface area (TPSA) is 250 Å². The minimum atomic E-state index is -3.37. The highest BCUT2D eigenvalue weighted by atomic mass is 32.2. The number of sulfone groups is 1. The molecule has 6 N–H and O–H groups in total. The molecule has 0 radical (unpaired) electrons. The zero-order valence-corrected chi connectivity index (χ0v) is 34.6. The van der Waals surface area contributed by atoms with Crippen LogP contribution in [0.1, 0.15) is 77.6 Å². The summed E-state index contributed by atoms with van der Waals surface area (Å²) in [5, 5.41) is 18.5. The number of piperidine rings is 3. The van der Waals surface area contributed by atoms with Gasteiger partial charge in [0.05, 0.1) is 28.8 Å².